The molecular formula is C35H42N2O9S. The lowest BCUT2D eigenvalue weighted by Crippen LogP contribution is -2.42. The summed E-state index contributed by atoms with van der Waals surface area (Å²) in [5.41, 5.74) is 0.808. The van der Waals surface area contributed by atoms with Crippen LogP contribution in [0.4, 0.5) is 4.79 Å². The maximum Gasteiger partial charge on any atom is 0.410 e. The van der Waals surface area contributed by atoms with Crippen LogP contribution in [0.2, 0.25) is 0 Å². The van der Waals surface area contributed by atoms with Gasteiger partial charge in [-0.05, 0) is 81.8 Å². The van der Waals surface area contributed by atoms with Gasteiger partial charge < -0.3 is 19.1 Å². The van der Waals surface area contributed by atoms with Gasteiger partial charge in [0.15, 0.2) is 27.1 Å². The van der Waals surface area contributed by atoms with E-state index >= 15 is 0 Å². The molecule has 5 atom stereocenters. The molecule has 0 radical (unpaired) electrons. The monoisotopic (exact) mass is 666 g/mol. The lowest BCUT2D eigenvalue weighted by molar-refractivity contribution is -0.141. The highest BCUT2D eigenvalue weighted by Crippen LogP contribution is 2.58. The van der Waals surface area contributed by atoms with Crippen LogP contribution in [-0.4, -0.2) is 78.3 Å². The Labute approximate surface area is 274 Å². The van der Waals surface area contributed by atoms with Crippen LogP contribution in [-0.2, 0) is 42.0 Å². The molecule has 0 aromatic heterocycles. The van der Waals surface area contributed by atoms with Crippen LogP contribution in [0.1, 0.15) is 81.8 Å². The highest BCUT2D eigenvalue weighted by atomic mass is 32.2. The summed E-state index contributed by atoms with van der Waals surface area (Å²) >= 11 is 0. The second kappa shape index (κ2) is 11.6. The summed E-state index contributed by atoms with van der Waals surface area (Å²) in [6.07, 6.45) is 9.30. The van der Waals surface area contributed by atoms with Gasteiger partial charge in [-0.2, -0.15) is 0 Å². The number of hydrogen-bond donors (Lipinski definition) is 0. The average Bonchev–Trinajstić information content (AvgIpc) is 4.00. The number of carbonyl (C=O) groups is 4. The Morgan fingerprint density at radius 3 is 2.60 bits per heavy atom. The fourth-order valence-electron chi connectivity index (χ4n) is 8.31. The van der Waals surface area contributed by atoms with E-state index < -0.39 is 50.3 Å². The summed E-state index contributed by atoms with van der Waals surface area (Å²) in [5.74, 6) is -1.41. The van der Waals surface area contributed by atoms with Crippen LogP contribution in [0, 0.1) is 23.2 Å². The molecule has 4 saturated carbocycles. The molecule has 3 aliphatic heterocycles. The van der Waals surface area contributed by atoms with E-state index in [4.69, 9.17) is 14.2 Å². The quantitative estimate of drug-likeness (QED) is 0.411. The minimum atomic E-state index is -3.54. The summed E-state index contributed by atoms with van der Waals surface area (Å²) in [5, 5.41) is -0.448. The van der Waals surface area contributed by atoms with Crippen molar-refractivity contribution in [2.24, 2.45) is 23.2 Å². The number of nitrogens with zero attached hydrogens (tertiary/aromatic N) is 2. The third-order valence-electron chi connectivity index (χ3n) is 11.4. The lowest BCUT2D eigenvalue weighted by Gasteiger charge is -2.29. The Kier molecular flexibility index (Phi) is 7.64. The van der Waals surface area contributed by atoms with E-state index in [0.717, 1.165) is 43.2 Å². The highest BCUT2D eigenvalue weighted by molar-refractivity contribution is 7.93. The van der Waals surface area contributed by atoms with E-state index in [1.54, 1.807) is 4.90 Å². The molecule has 2 amide bonds. The molecule has 0 bridgehead atoms. The van der Waals surface area contributed by atoms with Crippen LogP contribution in [0.3, 0.4) is 0 Å². The fourth-order valence-corrected chi connectivity index (χ4v) is 10.0. The fraction of sp³-hybridized carbons (Fsp3) is 0.657. The first kappa shape index (κ1) is 30.9. The molecule has 1 aromatic rings. The van der Waals surface area contributed by atoms with E-state index in [2.05, 4.69) is 0 Å². The molecule has 7 aliphatic rings. The average molecular weight is 667 g/mol. The van der Waals surface area contributed by atoms with Gasteiger partial charge in [0.25, 0.3) is 0 Å². The predicted molar refractivity (Wildman–Crippen MR) is 168 cm³/mol. The van der Waals surface area contributed by atoms with E-state index in [1.807, 2.05) is 29.2 Å². The van der Waals surface area contributed by atoms with E-state index in [0.29, 0.717) is 50.4 Å². The number of rotatable bonds is 6. The van der Waals surface area contributed by atoms with Gasteiger partial charge in [0.05, 0.1) is 17.7 Å². The molecule has 0 saturated heterocycles. The van der Waals surface area contributed by atoms with E-state index in [9.17, 15) is 27.6 Å². The number of sulfone groups is 1. The number of carbonyl (C=O) groups excluding carboxylic acids is 4. The van der Waals surface area contributed by atoms with Crippen LogP contribution in [0.25, 0.3) is 0 Å². The minimum absolute atomic E-state index is 0.0673. The van der Waals surface area contributed by atoms with Gasteiger partial charge in [-0.3, -0.25) is 19.3 Å². The summed E-state index contributed by atoms with van der Waals surface area (Å²) < 4.78 is 42.8. The molecule has 252 valence electrons. The zero-order chi connectivity index (χ0) is 32.5. The molecule has 8 rings (SSSR count). The molecule has 0 spiro atoms. The molecule has 47 heavy (non-hydrogen) atoms. The number of allylic oxidation sites excluding steroid dienone is 2. The van der Waals surface area contributed by atoms with Gasteiger partial charge in [0.1, 0.15) is 17.6 Å². The SMILES string of the molecule is O=C1C[C@]2(C(=O)CS(=O)(=O)C3CC3)C[C@H]2/C=C\CCCCN(C2CC2)C(=O)C2C[C@H](OC(=O)N3Cc4ccc5c(c4C3)OCO5)C[C@@H]12. The lowest BCUT2D eigenvalue weighted by atomic mass is 9.82. The first-order chi connectivity index (χ1) is 22.6. The third-order valence-corrected chi connectivity index (χ3v) is 13.6. The summed E-state index contributed by atoms with van der Waals surface area (Å²) in [7, 11) is -3.54. The van der Waals surface area contributed by atoms with Crippen LogP contribution in [0.15, 0.2) is 24.3 Å². The molecule has 12 heteroatoms. The Morgan fingerprint density at radius 2 is 1.81 bits per heavy atom. The first-order valence-corrected chi connectivity index (χ1v) is 18.9. The normalized spacial score (nSPS) is 32.7. The number of Topliss-reactive ketones (excluding diaryl/α,β-unsaturated/α-hetero) is 2. The Balaban J connectivity index is 1.02. The topological polar surface area (TPSA) is 137 Å². The van der Waals surface area contributed by atoms with Gasteiger partial charge in [-0.15, -0.1) is 0 Å². The molecular weight excluding hydrogens is 624 g/mol. The summed E-state index contributed by atoms with van der Waals surface area (Å²) in [4.78, 5) is 59.1. The second-order valence-electron chi connectivity index (χ2n) is 14.7. The largest absolute Gasteiger partial charge is 0.454 e. The molecule has 1 unspecified atom stereocenters. The van der Waals surface area contributed by atoms with Crippen molar-refractivity contribution in [3.63, 3.8) is 0 Å². The van der Waals surface area contributed by atoms with Gasteiger partial charge >= 0.3 is 6.09 Å². The third kappa shape index (κ3) is 5.84. The zero-order valence-corrected chi connectivity index (χ0v) is 27.4. The smallest absolute Gasteiger partial charge is 0.410 e. The second-order valence-corrected chi connectivity index (χ2v) is 17.0. The Morgan fingerprint density at radius 1 is 1.00 bits per heavy atom. The van der Waals surface area contributed by atoms with E-state index in [1.165, 1.54) is 0 Å². The number of benzene rings is 1. The van der Waals surface area contributed by atoms with Crippen molar-refractivity contribution in [2.75, 3.05) is 19.1 Å². The molecule has 3 heterocycles. The predicted octanol–water partition coefficient (Wildman–Crippen LogP) is 4.11. The minimum Gasteiger partial charge on any atom is -0.454 e. The highest BCUT2D eigenvalue weighted by Gasteiger charge is 2.61. The van der Waals surface area contributed by atoms with Crippen molar-refractivity contribution in [2.45, 2.75) is 101 Å². The Bertz CT molecular complexity index is 1650. The molecule has 4 aliphatic carbocycles. The van der Waals surface area contributed by atoms with Gasteiger partial charge in [-0.25, -0.2) is 13.2 Å². The first-order valence-electron chi connectivity index (χ1n) is 17.2. The number of ketones is 2. The van der Waals surface area contributed by atoms with Gasteiger partial charge in [-0.1, -0.05) is 18.2 Å². The van der Waals surface area contributed by atoms with E-state index in [-0.39, 0.29) is 55.5 Å². The van der Waals surface area contributed by atoms with Crippen molar-refractivity contribution in [1.29, 1.82) is 0 Å². The maximum atomic E-state index is 14.2. The molecule has 1 aromatic carbocycles. The molecule has 4 fully saturated rings. The van der Waals surface area contributed by atoms with Crippen molar-refractivity contribution >= 4 is 33.4 Å². The van der Waals surface area contributed by atoms with Crippen molar-refractivity contribution < 1.29 is 41.8 Å². The molecule has 0 N–H and O–H groups in total. The molecule has 11 nitrogen and oxygen atoms in total. The maximum absolute atomic E-state index is 14.2. The zero-order valence-electron chi connectivity index (χ0n) is 26.6. The van der Waals surface area contributed by atoms with Gasteiger partial charge in [0, 0.05) is 42.4 Å². The van der Waals surface area contributed by atoms with Gasteiger partial charge in [0.2, 0.25) is 12.7 Å². The number of fused-ring (bicyclic) bond motifs is 5. The van der Waals surface area contributed by atoms with Crippen LogP contribution >= 0.6 is 0 Å². The number of ether oxygens (including phenoxy) is 3. The Hall–Kier alpha value is -3.41. The van der Waals surface area contributed by atoms with Crippen LogP contribution in [0.5, 0.6) is 11.5 Å². The number of hydrogen-bond acceptors (Lipinski definition) is 9. The number of amides is 2. The van der Waals surface area contributed by atoms with Crippen molar-refractivity contribution in [3.05, 3.63) is 35.4 Å². The van der Waals surface area contributed by atoms with Crippen molar-refractivity contribution in [1.82, 2.24) is 9.80 Å². The summed E-state index contributed by atoms with van der Waals surface area (Å²) in [6, 6.07) is 3.93. The summed E-state index contributed by atoms with van der Waals surface area (Å²) in [6.45, 7) is 1.45. The van der Waals surface area contributed by atoms with Crippen molar-refractivity contribution in [3.8, 4) is 11.5 Å². The standard InChI is InChI=1S/C35H42N2O9S/c38-29-16-35(31(39)19-47(42,43)25-9-10-25)15-22(35)5-3-1-2-4-12-37(23-7-8-23)33(40)27-14-24(13-26(27)29)46-34(41)36-17-21-6-11-30-32(28(21)18-36)45-20-44-30/h3,5-6,11,22-27H,1-2,4,7-10,12-20H2/b5-3-/t22-,24-,26-,27?,35-/m1/s1. The van der Waals surface area contributed by atoms with Crippen LogP contribution < -0.4 is 9.47 Å².